The number of carbonyl (C=O) groups excluding carboxylic acids is 1. The van der Waals surface area contributed by atoms with E-state index >= 15 is 0 Å². The van der Waals surface area contributed by atoms with Gasteiger partial charge in [-0.2, -0.15) is 5.10 Å². The fourth-order valence-corrected chi connectivity index (χ4v) is 4.39. The van der Waals surface area contributed by atoms with Gasteiger partial charge in [0.1, 0.15) is 11.4 Å². The summed E-state index contributed by atoms with van der Waals surface area (Å²) < 4.78 is 7.60. The molecule has 3 aromatic heterocycles. The van der Waals surface area contributed by atoms with Gasteiger partial charge in [-0.1, -0.05) is 23.2 Å². The predicted octanol–water partition coefficient (Wildman–Crippen LogP) is 4.16. The Hall–Kier alpha value is -2.87. The molecule has 1 aliphatic rings. The maximum atomic E-state index is 13.4. The molecule has 1 aliphatic heterocycles. The highest BCUT2D eigenvalue weighted by molar-refractivity contribution is 6.32. The number of aromatic nitrogens is 4. The maximum absolute atomic E-state index is 13.4. The fraction of sp³-hybridized carbons (Fsp3) is 0.227. The van der Waals surface area contributed by atoms with Crippen molar-refractivity contribution in [3.05, 3.63) is 64.0 Å². The van der Waals surface area contributed by atoms with E-state index in [1.165, 1.54) is 0 Å². The maximum Gasteiger partial charge on any atom is 0.171 e. The van der Waals surface area contributed by atoms with Crippen molar-refractivity contribution in [3.63, 3.8) is 0 Å². The van der Waals surface area contributed by atoms with Crippen LogP contribution in [-0.2, 0) is 13.0 Å². The minimum absolute atomic E-state index is 0.0248. The summed E-state index contributed by atoms with van der Waals surface area (Å²) in [5.41, 5.74) is 3.38. The molecule has 2 N–H and O–H groups in total. The summed E-state index contributed by atoms with van der Waals surface area (Å²) in [5.74, 6) is 0.407. The Bertz CT molecular complexity index is 1300. The summed E-state index contributed by atoms with van der Waals surface area (Å²) >= 11 is 12.2. The van der Waals surface area contributed by atoms with Crippen LogP contribution in [0.2, 0.25) is 10.2 Å². The van der Waals surface area contributed by atoms with Crippen molar-refractivity contribution in [2.24, 2.45) is 5.92 Å². The van der Waals surface area contributed by atoms with Crippen LogP contribution in [0.1, 0.15) is 15.9 Å². The molecule has 0 amide bonds. The van der Waals surface area contributed by atoms with Crippen LogP contribution >= 0.6 is 23.2 Å². The molecule has 0 spiro atoms. The number of benzene rings is 1. The monoisotopic (exact) mass is 456 g/mol. The van der Waals surface area contributed by atoms with E-state index < -0.39 is 0 Å². The summed E-state index contributed by atoms with van der Waals surface area (Å²) in [6, 6.07) is 9.12. The third kappa shape index (κ3) is 3.59. The Morgan fingerprint density at radius 3 is 2.94 bits per heavy atom. The number of hydrogen-bond donors (Lipinski definition) is 2. The Balaban J connectivity index is 1.53. The van der Waals surface area contributed by atoms with Crippen molar-refractivity contribution in [1.82, 2.24) is 19.7 Å². The Kier molecular flexibility index (Phi) is 5.17. The van der Waals surface area contributed by atoms with Crippen LogP contribution in [0.25, 0.3) is 22.3 Å². The lowest BCUT2D eigenvalue weighted by molar-refractivity contribution is 0.0856. The van der Waals surface area contributed by atoms with Crippen LogP contribution in [-0.4, -0.2) is 43.9 Å². The summed E-state index contributed by atoms with van der Waals surface area (Å²) in [6.07, 6.45) is 3.98. The molecule has 0 saturated heterocycles. The predicted molar refractivity (Wildman–Crippen MR) is 118 cm³/mol. The van der Waals surface area contributed by atoms with Crippen molar-refractivity contribution >= 4 is 40.0 Å². The normalized spacial score (nSPS) is 15.6. The van der Waals surface area contributed by atoms with Crippen LogP contribution in [0.15, 0.2) is 42.7 Å². The summed E-state index contributed by atoms with van der Waals surface area (Å²) in [4.78, 5) is 18.1. The van der Waals surface area contributed by atoms with Crippen LogP contribution < -0.4 is 4.74 Å². The number of nitrogens with zero attached hydrogens (tertiary/aromatic N) is 3. The molecule has 7 nitrogen and oxygen atoms in total. The standard InChI is InChI=1S/C22H18Cl2N4O3/c23-14-1-4-19-12(8-14)7-13(11-31-19)20(30)17-10-28(5-6-29)22-15(17)2-3-18(26-22)16-9-25-27-21(16)24/h1-4,8-10,13,29H,5-7,11H2,(H,25,27). The zero-order valence-electron chi connectivity index (χ0n) is 16.3. The van der Waals surface area contributed by atoms with E-state index in [0.29, 0.717) is 52.2 Å². The molecule has 0 aliphatic carbocycles. The largest absolute Gasteiger partial charge is 0.493 e. The van der Waals surface area contributed by atoms with E-state index in [2.05, 4.69) is 10.2 Å². The van der Waals surface area contributed by atoms with E-state index in [9.17, 15) is 9.90 Å². The van der Waals surface area contributed by atoms with Gasteiger partial charge in [0.05, 0.1) is 30.4 Å². The number of rotatable bonds is 5. The van der Waals surface area contributed by atoms with E-state index in [1.807, 2.05) is 24.3 Å². The van der Waals surface area contributed by atoms with E-state index in [-0.39, 0.29) is 18.3 Å². The second-order valence-electron chi connectivity index (χ2n) is 7.45. The first-order valence-corrected chi connectivity index (χ1v) is 10.6. The lowest BCUT2D eigenvalue weighted by Crippen LogP contribution is -2.28. The van der Waals surface area contributed by atoms with Gasteiger partial charge >= 0.3 is 0 Å². The average molecular weight is 457 g/mol. The van der Waals surface area contributed by atoms with Gasteiger partial charge in [-0.25, -0.2) is 4.98 Å². The molecule has 1 aromatic carbocycles. The Labute approximate surface area is 187 Å². The van der Waals surface area contributed by atoms with Gasteiger partial charge in [0.15, 0.2) is 10.9 Å². The number of ketones is 1. The molecule has 1 unspecified atom stereocenters. The number of hydrogen-bond acceptors (Lipinski definition) is 5. The molecular formula is C22H18Cl2N4O3. The van der Waals surface area contributed by atoms with Gasteiger partial charge in [0, 0.05) is 34.9 Å². The SMILES string of the molecule is O=C(c1cn(CCO)c2nc(-c3c[nH]nc3Cl)ccc12)C1COc2ccc(Cl)cc2C1. The molecule has 1 atom stereocenters. The second-order valence-corrected chi connectivity index (χ2v) is 8.24. The molecule has 31 heavy (non-hydrogen) atoms. The van der Waals surface area contributed by atoms with Gasteiger partial charge in [-0.3, -0.25) is 9.89 Å². The second kappa shape index (κ2) is 8.00. The topological polar surface area (TPSA) is 93.0 Å². The van der Waals surface area contributed by atoms with E-state index in [1.54, 1.807) is 23.0 Å². The summed E-state index contributed by atoms with van der Waals surface area (Å²) in [6.45, 7) is 0.545. The first-order valence-electron chi connectivity index (χ1n) is 9.81. The number of pyridine rings is 1. The zero-order chi connectivity index (χ0) is 21.5. The van der Waals surface area contributed by atoms with Gasteiger partial charge in [-0.15, -0.1) is 0 Å². The van der Waals surface area contributed by atoms with E-state index in [4.69, 9.17) is 32.9 Å². The van der Waals surface area contributed by atoms with Gasteiger partial charge < -0.3 is 14.4 Å². The van der Waals surface area contributed by atoms with Crippen molar-refractivity contribution in [2.75, 3.05) is 13.2 Å². The first kappa shape index (κ1) is 20.1. The third-order valence-electron chi connectivity index (χ3n) is 5.50. The highest BCUT2D eigenvalue weighted by Crippen LogP contribution is 2.33. The molecule has 158 valence electrons. The molecule has 0 bridgehead atoms. The number of H-pyrrole nitrogens is 1. The van der Waals surface area contributed by atoms with Gasteiger partial charge in [0.25, 0.3) is 0 Å². The lowest BCUT2D eigenvalue weighted by Gasteiger charge is -2.24. The number of Topliss-reactive ketones (excluding diaryl/α,β-unsaturated/α-hetero) is 1. The molecule has 9 heteroatoms. The molecule has 0 fully saturated rings. The number of aliphatic hydroxyl groups excluding tert-OH is 1. The zero-order valence-corrected chi connectivity index (χ0v) is 17.8. The molecule has 5 rings (SSSR count). The number of aliphatic hydroxyl groups is 1. The van der Waals surface area contributed by atoms with Crippen molar-refractivity contribution in [1.29, 1.82) is 0 Å². The van der Waals surface area contributed by atoms with Crippen LogP contribution in [0, 0.1) is 5.92 Å². The van der Waals surface area contributed by atoms with Crippen LogP contribution in [0.3, 0.4) is 0 Å². The number of nitrogens with one attached hydrogen (secondary N) is 1. The number of ether oxygens (including phenoxy) is 1. The van der Waals surface area contributed by atoms with Gasteiger partial charge in [-0.05, 0) is 42.3 Å². The molecule has 0 radical (unpaired) electrons. The van der Waals surface area contributed by atoms with Crippen molar-refractivity contribution in [3.8, 4) is 17.0 Å². The molecular weight excluding hydrogens is 439 g/mol. The first-order chi connectivity index (χ1) is 15.0. The molecule has 4 aromatic rings. The number of fused-ring (bicyclic) bond motifs is 2. The number of halogens is 2. The Morgan fingerprint density at radius 1 is 1.29 bits per heavy atom. The minimum atomic E-state index is -0.331. The summed E-state index contributed by atoms with van der Waals surface area (Å²) in [5, 5.41) is 17.8. The Morgan fingerprint density at radius 2 is 2.16 bits per heavy atom. The third-order valence-corrected chi connectivity index (χ3v) is 6.02. The average Bonchev–Trinajstić information content (AvgIpc) is 3.36. The van der Waals surface area contributed by atoms with E-state index in [0.717, 1.165) is 16.7 Å². The number of carbonyl (C=O) groups is 1. The van der Waals surface area contributed by atoms with Crippen LogP contribution in [0.5, 0.6) is 5.75 Å². The van der Waals surface area contributed by atoms with Gasteiger partial charge in [0.2, 0.25) is 0 Å². The minimum Gasteiger partial charge on any atom is -0.493 e. The highest BCUT2D eigenvalue weighted by atomic mass is 35.5. The highest BCUT2D eigenvalue weighted by Gasteiger charge is 2.29. The van der Waals surface area contributed by atoms with Crippen molar-refractivity contribution in [2.45, 2.75) is 13.0 Å². The smallest absolute Gasteiger partial charge is 0.171 e. The fourth-order valence-electron chi connectivity index (χ4n) is 3.99. The lowest BCUT2D eigenvalue weighted by atomic mass is 9.90. The van der Waals surface area contributed by atoms with Crippen molar-refractivity contribution < 1.29 is 14.6 Å². The number of aromatic amines is 1. The summed E-state index contributed by atoms with van der Waals surface area (Å²) in [7, 11) is 0. The molecule has 0 saturated carbocycles. The van der Waals surface area contributed by atoms with Crippen LogP contribution in [0.4, 0.5) is 0 Å². The quantitative estimate of drug-likeness (QED) is 0.439. The molecule has 4 heterocycles.